The van der Waals surface area contributed by atoms with Crippen molar-refractivity contribution in [2.24, 2.45) is 10.7 Å². The van der Waals surface area contributed by atoms with Gasteiger partial charge in [0.25, 0.3) is 5.91 Å². The number of nitrogens with zero attached hydrogens (tertiary/aromatic N) is 1. The lowest BCUT2D eigenvalue weighted by Crippen LogP contribution is -2.15. The predicted molar refractivity (Wildman–Crippen MR) is 51.3 cm³/mol. The first-order valence-electron chi connectivity index (χ1n) is 4.12. The predicted octanol–water partition coefficient (Wildman–Crippen LogP) is 1.88. The largest absolute Gasteiger partial charge is 0.364 e. The van der Waals surface area contributed by atoms with E-state index in [0.29, 0.717) is 5.57 Å². The molecule has 14 heavy (non-hydrogen) atoms. The van der Waals surface area contributed by atoms with E-state index in [0.717, 1.165) is 6.92 Å². The summed E-state index contributed by atoms with van der Waals surface area (Å²) in [5.74, 6) is -3.48. The van der Waals surface area contributed by atoms with Gasteiger partial charge in [-0.1, -0.05) is 0 Å². The van der Waals surface area contributed by atoms with E-state index in [-0.39, 0.29) is 18.5 Å². The fourth-order valence-corrected chi connectivity index (χ4v) is 0.949. The molecule has 5 heteroatoms. The number of rotatable bonds is 5. The summed E-state index contributed by atoms with van der Waals surface area (Å²) >= 11 is 0. The lowest BCUT2D eigenvalue weighted by atomic mass is 10.1. The Balaban J connectivity index is 4.51. The zero-order valence-corrected chi connectivity index (χ0v) is 8.31. The van der Waals surface area contributed by atoms with Crippen LogP contribution in [0.25, 0.3) is 0 Å². The van der Waals surface area contributed by atoms with Crippen molar-refractivity contribution in [1.29, 1.82) is 0 Å². The molecule has 0 aromatic heterocycles. The number of primary amides is 1. The number of carbonyl (C=O) groups is 1. The first-order valence-corrected chi connectivity index (χ1v) is 4.12. The van der Waals surface area contributed by atoms with Gasteiger partial charge in [0, 0.05) is 6.42 Å². The molecule has 3 nitrogen and oxygen atoms in total. The molecular formula is C9H14F2N2O. The minimum atomic E-state index is -2.74. The van der Waals surface area contributed by atoms with E-state index in [1.54, 1.807) is 6.92 Å². The maximum absolute atomic E-state index is 12.5. The molecule has 80 valence electrons. The monoisotopic (exact) mass is 204 g/mol. The van der Waals surface area contributed by atoms with Gasteiger partial charge >= 0.3 is 0 Å². The molecule has 0 rings (SSSR count). The molecule has 0 aromatic carbocycles. The highest BCUT2D eigenvalue weighted by Crippen LogP contribution is 2.22. The van der Waals surface area contributed by atoms with Gasteiger partial charge in [-0.25, -0.2) is 8.78 Å². The molecule has 1 amide bonds. The fraction of sp³-hybridized carbons (Fsp3) is 0.556. The second-order valence-corrected chi connectivity index (χ2v) is 3.22. The van der Waals surface area contributed by atoms with Crippen molar-refractivity contribution in [3.05, 3.63) is 11.3 Å². The average Bonchev–Trinajstić information content (AvgIpc) is 2.00. The maximum Gasteiger partial charge on any atom is 0.267 e. The van der Waals surface area contributed by atoms with Crippen molar-refractivity contribution >= 4 is 12.6 Å². The van der Waals surface area contributed by atoms with Gasteiger partial charge in [-0.2, -0.15) is 0 Å². The quantitative estimate of drug-likeness (QED) is 0.539. The van der Waals surface area contributed by atoms with Crippen molar-refractivity contribution in [3.8, 4) is 0 Å². The summed E-state index contributed by atoms with van der Waals surface area (Å²) in [6.07, 6.45) is -0.244. The molecule has 0 saturated heterocycles. The molecule has 0 saturated carbocycles. The van der Waals surface area contributed by atoms with Crippen LogP contribution in [0.3, 0.4) is 0 Å². The number of allylic oxidation sites excluding steroid dienone is 1. The van der Waals surface area contributed by atoms with Gasteiger partial charge < -0.3 is 5.73 Å². The first-order chi connectivity index (χ1) is 6.28. The Morgan fingerprint density at radius 3 is 2.36 bits per heavy atom. The SMILES string of the molecule is C=N/C(C(N)=O)=C(\C)CCC(C)(F)F. The van der Waals surface area contributed by atoms with E-state index in [1.165, 1.54) is 0 Å². The zero-order valence-electron chi connectivity index (χ0n) is 8.31. The van der Waals surface area contributed by atoms with Gasteiger partial charge in [0.05, 0.1) is 0 Å². The van der Waals surface area contributed by atoms with Gasteiger partial charge in [0.2, 0.25) is 5.92 Å². The third kappa shape index (κ3) is 4.69. The highest BCUT2D eigenvalue weighted by Gasteiger charge is 2.21. The van der Waals surface area contributed by atoms with Crippen LogP contribution in [0, 0.1) is 0 Å². The molecule has 0 bridgehead atoms. The summed E-state index contributed by atoms with van der Waals surface area (Å²) in [7, 11) is 0. The van der Waals surface area contributed by atoms with Crippen molar-refractivity contribution in [2.45, 2.75) is 32.6 Å². The molecule has 0 fully saturated rings. The summed E-state index contributed by atoms with van der Waals surface area (Å²) in [6, 6.07) is 0. The van der Waals surface area contributed by atoms with Crippen LogP contribution in [0.1, 0.15) is 26.7 Å². The molecule has 2 N–H and O–H groups in total. The van der Waals surface area contributed by atoms with E-state index >= 15 is 0 Å². The Morgan fingerprint density at radius 1 is 1.57 bits per heavy atom. The van der Waals surface area contributed by atoms with Crippen LogP contribution < -0.4 is 5.73 Å². The van der Waals surface area contributed by atoms with Crippen LogP contribution in [0.2, 0.25) is 0 Å². The minimum absolute atomic E-state index is 0.0192. The molecule has 0 atom stereocenters. The van der Waals surface area contributed by atoms with Crippen LogP contribution in [0.15, 0.2) is 16.3 Å². The van der Waals surface area contributed by atoms with Crippen LogP contribution in [0.5, 0.6) is 0 Å². The highest BCUT2D eigenvalue weighted by atomic mass is 19.3. The Labute approximate surface area is 81.7 Å². The van der Waals surface area contributed by atoms with E-state index < -0.39 is 11.8 Å². The van der Waals surface area contributed by atoms with Gasteiger partial charge in [-0.3, -0.25) is 9.79 Å². The molecule has 0 aromatic rings. The molecule has 0 radical (unpaired) electrons. The Hall–Kier alpha value is -1.26. The Kier molecular flexibility index (Phi) is 4.40. The van der Waals surface area contributed by atoms with Crippen LogP contribution in [0.4, 0.5) is 8.78 Å². The average molecular weight is 204 g/mol. The van der Waals surface area contributed by atoms with Crippen LogP contribution >= 0.6 is 0 Å². The lowest BCUT2D eigenvalue weighted by Gasteiger charge is -2.10. The van der Waals surface area contributed by atoms with Crippen LogP contribution in [-0.2, 0) is 4.79 Å². The zero-order chi connectivity index (χ0) is 11.4. The van der Waals surface area contributed by atoms with Crippen molar-refractivity contribution in [2.75, 3.05) is 0 Å². The normalized spacial score (nSPS) is 13.4. The van der Waals surface area contributed by atoms with Crippen molar-refractivity contribution < 1.29 is 13.6 Å². The third-order valence-corrected chi connectivity index (χ3v) is 1.73. The number of nitrogens with two attached hydrogens (primary N) is 1. The first kappa shape index (κ1) is 12.7. The van der Waals surface area contributed by atoms with Gasteiger partial charge in [0.1, 0.15) is 5.70 Å². The second kappa shape index (κ2) is 4.83. The lowest BCUT2D eigenvalue weighted by molar-refractivity contribution is -0.114. The van der Waals surface area contributed by atoms with E-state index in [4.69, 9.17) is 5.73 Å². The molecule has 0 aliphatic rings. The highest BCUT2D eigenvalue weighted by molar-refractivity contribution is 5.92. The molecule has 0 aliphatic carbocycles. The summed E-state index contributed by atoms with van der Waals surface area (Å²) in [6.45, 7) is 5.52. The van der Waals surface area contributed by atoms with E-state index in [1.807, 2.05) is 0 Å². The fourth-order valence-electron chi connectivity index (χ4n) is 0.949. The Bertz CT molecular complexity index is 266. The van der Waals surface area contributed by atoms with Crippen molar-refractivity contribution in [1.82, 2.24) is 0 Å². The summed E-state index contributed by atoms with van der Waals surface area (Å²) in [4.78, 5) is 14.1. The summed E-state index contributed by atoms with van der Waals surface area (Å²) in [5, 5.41) is 0. The molecule has 0 unspecified atom stereocenters. The van der Waals surface area contributed by atoms with Gasteiger partial charge in [-0.05, 0) is 32.6 Å². The minimum Gasteiger partial charge on any atom is -0.364 e. The number of alkyl halides is 2. The van der Waals surface area contributed by atoms with Gasteiger partial charge in [0.15, 0.2) is 0 Å². The van der Waals surface area contributed by atoms with Crippen molar-refractivity contribution in [3.63, 3.8) is 0 Å². The third-order valence-electron chi connectivity index (χ3n) is 1.73. The summed E-state index contributed by atoms with van der Waals surface area (Å²) in [5.41, 5.74) is 5.39. The summed E-state index contributed by atoms with van der Waals surface area (Å²) < 4.78 is 24.9. The number of hydrogen-bond acceptors (Lipinski definition) is 2. The standard InChI is InChI=1S/C9H14F2N2O/c1-6(4-5-9(2,10)11)7(13-3)8(12)14/h3-5H2,1-2H3,(H2,12,14)/b7-6+. The smallest absolute Gasteiger partial charge is 0.267 e. The van der Waals surface area contributed by atoms with Crippen LogP contribution in [-0.4, -0.2) is 18.5 Å². The number of halogens is 2. The van der Waals surface area contributed by atoms with Gasteiger partial charge in [-0.15, -0.1) is 0 Å². The number of carbonyl (C=O) groups excluding carboxylic acids is 1. The number of hydrogen-bond donors (Lipinski definition) is 1. The molecular weight excluding hydrogens is 190 g/mol. The Morgan fingerprint density at radius 2 is 2.07 bits per heavy atom. The number of amides is 1. The molecule has 0 heterocycles. The van der Waals surface area contributed by atoms with E-state index in [2.05, 4.69) is 11.7 Å². The maximum atomic E-state index is 12.5. The topological polar surface area (TPSA) is 55.4 Å². The van der Waals surface area contributed by atoms with E-state index in [9.17, 15) is 13.6 Å². The molecule has 0 aliphatic heterocycles. The molecule has 0 spiro atoms. The second-order valence-electron chi connectivity index (χ2n) is 3.22. The number of aliphatic imine (C=N–C) groups is 1.